The van der Waals surface area contributed by atoms with E-state index in [4.69, 9.17) is 9.47 Å². The van der Waals surface area contributed by atoms with Crippen LogP contribution < -0.4 is 0 Å². The fraction of sp³-hybridized carbons (Fsp3) is 0.733. The Hall–Kier alpha value is -1.40. The van der Waals surface area contributed by atoms with Crippen molar-refractivity contribution in [3.05, 3.63) is 18.0 Å². The summed E-state index contributed by atoms with van der Waals surface area (Å²) < 4.78 is 12.9. The van der Waals surface area contributed by atoms with E-state index in [0.717, 1.165) is 18.5 Å². The molecule has 0 bridgehead atoms. The summed E-state index contributed by atoms with van der Waals surface area (Å²) in [7, 11) is 1.67. The third-order valence-corrected chi connectivity index (χ3v) is 4.34. The Labute approximate surface area is 125 Å². The molecular weight excluding hydrogens is 270 g/mol. The van der Waals surface area contributed by atoms with E-state index in [1.165, 1.54) is 12.8 Å². The van der Waals surface area contributed by atoms with Gasteiger partial charge in [-0.3, -0.25) is 9.48 Å². The maximum atomic E-state index is 12.4. The number of amides is 1. The van der Waals surface area contributed by atoms with Gasteiger partial charge in [0.25, 0.3) is 0 Å². The maximum absolute atomic E-state index is 12.4. The molecule has 1 fully saturated rings. The molecule has 2 heterocycles. The number of hydrogen-bond acceptors (Lipinski definition) is 4. The summed E-state index contributed by atoms with van der Waals surface area (Å²) in [4.78, 5) is 14.2. The third kappa shape index (κ3) is 3.27. The van der Waals surface area contributed by atoms with Gasteiger partial charge in [-0.2, -0.15) is 5.10 Å². The Balaban J connectivity index is 1.59. The largest absolute Gasteiger partial charge is 0.382 e. The molecule has 21 heavy (non-hydrogen) atoms. The van der Waals surface area contributed by atoms with Gasteiger partial charge in [-0.1, -0.05) is 12.8 Å². The van der Waals surface area contributed by atoms with E-state index >= 15 is 0 Å². The topological polar surface area (TPSA) is 56.6 Å². The van der Waals surface area contributed by atoms with Gasteiger partial charge in [0.05, 0.1) is 31.0 Å². The molecule has 0 N–H and O–H groups in total. The number of aromatic nitrogens is 2. The fourth-order valence-corrected chi connectivity index (χ4v) is 3.23. The number of hydrogen-bond donors (Lipinski definition) is 0. The van der Waals surface area contributed by atoms with Crippen LogP contribution in [-0.2, 0) is 20.8 Å². The van der Waals surface area contributed by atoms with Gasteiger partial charge in [0.1, 0.15) is 6.61 Å². The highest BCUT2D eigenvalue weighted by Crippen LogP contribution is 2.23. The Morgan fingerprint density at radius 1 is 1.43 bits per heavy atom. The number of methoxy groups -OCH3 is 1. The fourth-order valence-electron chi connectivity index (χ4n) is 3.23. The van der Waals surface area contributed by atoms with Crippen LogP contribution in [0, 0.1) is 0 Å². The molecular formula is C15H23N3O3. The average Bonchev–Trinajstić information content (AvgIpc) is 3.16. The molecule has 6 nitrogen and oxygen atoms in total. The normalized spacial score (nSPS) is 22.5. The predicted molar refractivity (Wildman–Crippen MR) is 76.8 cm³/mol. The van der Waals surface area contributed by atoms with Gasteiger partial charge in [-0.05, 0) is 18.9 Å². The molecule has 116 valence electrons. The minimum Gasteiger partial charge on any atom is -0.382 e. The van der Waals surface area contributed by atoms with Crippen molar-refractivity contribution >= 4 is 5.91 Å². The second kappa shape index (κ2) is 6.58. The zero-order valence-corrected chi connectivity index (χ0v) is 12.5. The van der Waals surface area contributed by atoms with Crippen LogP contribution in [0.25, 0.3) is 0 Å². The Morgan fingerprint density at radius 2 is 2.24 bits per heavy atom. The molecule has 1 aromatic rings. The van der Waals surface area contributed by atoms with E-state index in [-0.39, 0.29) is 24.7 Å². The zero-order chi connectivity index (χ0) is 14.7. The summed E-state index contributed by atoms with van der Waals surface area (Å²) in [6.45, 7) is 1.99. The summed E-state index contributed by atoms with van der Waals surface area (Å²) in [6, 6.07) is 2.05. The van der Waals surface area contributed by atoms with E-state index in [1.54, 1.807) is 13.3 Å². The number of rotatable bonds is 5. The molecule has 1 atom stereocenters. The van der Waals surface area contributed by atoms with Crippen LogP contribution in [0.15, 0.2) is 12.3 Å². The Morgan fingerprint density at radius 3 is 3.00 bits per heavy atom. The van der Waals surface area contributed by atoms with Crippen molar-refractivity contribution in [1.29, 1.82) is 0 Å². The summed E-state index contributed by atoms with van der Waals surface area (Å²) in [6.07, 6.45) is 6.67. The van der Waals surface area contributed by atoms with Gasteiger partial charge >= 0.3 is 0 Å². The minimum absolute atomic E-state index is 0.0652. The number of carbonyl (C=O) groups excluding carboxylic acids is 1. The molecule has 2 aliphatic rings. The summed E-state index contributed by atoms with van der Waals surface area (Å²) in [5.74, 6) is 0.0652. The second-order valence-corrected chi connectivity index (χ2v) is 5.87. The van der Waals surface area contributed by atoms with Crippen LogP contribution in [0.4, 0.5) is 0 Å². The smallest absolute Gasteiger partial charge is 0.249 e. The van der Waals surface area contributed by atoms with Gasteiger partial charge in [0.2, 0.25) is 5.91 Å². The lowest BCUT2D eigenvalue weighted by molar-refractivity contribution is -0.140. The summed E-state index contributed by atoms with van der Waals surface area (Å²) in [5.41, 5.74) is 1.05. The first-order valence-electron chi connectivity index (χ1n) is 7.68. The van der Waals surface area contributed by atoms with Gasteiger partial charge in [0.15, 0.2) is 0 Å². The monoisotopic (exact) mass is 293 g/mol. The lowest BCUT2D eigenvalue weighted by atomic mass is 10.2. The third-order valence-electron chi connectivity index (χ3n) is 4.34. The van der Waals surface area contributed by atoms with Crippen LogP contribution in [-0.4, -0.2) is 53.6 Å². The van der Waals surface area contributed by atoms with E-state index in [9.17, 15) is 4.79 Å². The SMILES string of the molecule is COCC1CN(C(=O)COC2CCCC2)Cc2ccnn21. The highest BCUT2D eigenvalue weighted by Gasteiger charge is 2.29. The minimum atomic E-state index is 0.0652. The molecule has 0 saturated heterocycles. The van der Waals surface area contributed by atoms with Crippen molar-refractivity contribution in [2.75, 3.05) is 26.9 Å². The molecule has 1 unspecified atom stereocenters. The summed E-state index contributed by atoms with van der Waals surface area (Å²) in [5, 5.41) is 4.33. The molecule has 3 rings (SSSR count). The van der Waals surface area contributed by atoms with Crippen molar-refractivity contribution in [2.45, 2.75) is 44.4 Å². The molecule has 1 saturated carbocycles. The van der Waals surface area contributed by atoms with Crippen LogP contribution in [0.1, 0.15) is 37.4 Å². The van der Waals surface area contributed by atoms with Gasteiger partial charge in [-0.15, -0.1) is 0 Å². The van der Waals surface area contributed by atoms with E-state index in [1.807, 2.05) is 15.6 Å². The average molecular weight is 293 g/mol. The molecule has 0 spiro atoms. The second-order valence-electron chi connectivity index (χ2n) is 5.87. The lowest BCUT2D eigenvalue weighted by Crippen LogP contribution is -2.44. The molecule has 1 amide bonds. The summed E-state index contributed by atoms with van der Waals surface area (Å²) >= 11 is 0. The molecule has 1 aliphatic carbocycles. The quantitative estimate of drug-likeness (QED) is 0.823. The van der Waals surface area contributed by atoms with Gasteiger partial charge < -0.3 is 14.4 Å². The molecule has 1 aliphatic heterocycles. The van der Waals surface area contributed by atoms with Gasteiger partial charge in [0, 0.05) is 19.9 Å². The Bertz CT molecular complexity index is 482. The molecule has 0 aromatic carbocycles. The molecule has 1 aromatic heterocycles. The predicted octanol–water partition coefficient (Wildman–Crippen LogP) is 1.37. The lowest BCUT2D eigenvalue weighted by Gasteiger charge is -2.33. The van der Waals surface area contributed by atoms with Crippen molar-refractivity contribution in [2.24, 2.45) is 0 Å². The van der Waals surface area contributed by atoms with Crippen LogP contribution in [0.3, 0.4) is 0 Å². The highest BCUT2D eigenvalue weighted by atomic mass is 16.5. The number of nitrogens with zero attached hydrogens (tertiary/aromatic N) is 3. The highest BCUT2D eigenvalue weighted by molar-refractivity contribution is 5.77. The maximum Gasteiger partial charge on any atom is 0.249 e. The first-order valence-corrected chi connectivity index (χ1v) is 7.68. The standard InChI is InChI=1S/C15H23N3O3/c1-20-10-13-9-17(8-12-6-7-16-18(12)13)15(19)11-21-14-4-2-3-5-14/h6-7,13-14H,2-5,8-11H2,1H3. The first-order chi connectivity index (χ1) is 10.3. The number of carbonyl (C=O) groups is 1. The van der Waals surface area contributed by atoms with Crippen molar-refractivity contribution < 1.29 is 14.3 Å². The Kier molecular flexibility index (Phi) is 4.55. The molecule has 0 radical (unpaired) electrons. The number of fused-ring (bicyclic) bond motifs is 1. The first kappa shape index (κ1) is 14.5. The van der Waals surface area contributed by atoms with Crippen molar-refractivity contribution in [3.8, 4) is 0 Å². The van der Waals surface area contributed by atoms with Crippen molar-refractivity contribution in [3.63, 3.8) is 0 Å². The van der Waals surface area contributed by atoms with Gasteiger partial charge in [-0.25, -0.2) is 0 Å². The number of ether oxygens (including phenoxy) is 2. The van der Waals surface area contributed by atoms with E-state index < -0.39 is 0 Å². The van der Waals surface area contributed by atoms with Crippen LogP contribution >= 0.6 is 0 Å². The van der Waals surface area contributed by atoms with Crippen LogP contribution in [0.5, 0.6) is 0 Å². The van der Waals surface area contributed by atoms with Crippen LogP contribution in [0.2, 0.25) is 0 Å². The van der Waals surface area contributed by atoms with E-state index in [2.05, 4.69) is 5.10 Å². The van der Waals surface area contributed by atoms with E-state index in [0.29, 0.717) is 19.7 Å². The molecule has 6 heteroatoms. The van der Waals surface area contributed by atoms with Crippen molar-refractivity contribution in [1.82, 2.24) is 14.7 Å². The zero-order valence-electron chi connectivity index (χ0n) is 12.5.